The minimum absolute atomic E-state index is 0.0728. The van der Waals surface area contributed by atoms with E-state index in [-0.39, 0.29) is 28.6 Å². The van der Waals surface area contributed by atoms with E-state index in [0.29, 0.717) is 13.0 Å². The molecule has 0 unspecified atom stereocenters. The third-order valence-electron chi connectivity index (χ3n) is 6.73. The van der Waals surface area contributed by atoms with Gasteiger partial charge in [0.2, 0.25) is 0 Å². The number of Topliss-reactive ketones (excluding diaryl/α,β-unsaturated/α-hetero) is 1. The summed E-state index contributed by atoms with van der Waals surface area (Å²) in [6.45, 7) is 4.97. The molecule has 0 aromatic heterocycles. The predicted octanol–water partition coefficient (Wildman–Crippen LogP) is 6.07. The minimum atomic E-state index is -6.09. The predicted molar refractivity (Wildman–Crippen MR) is 157 cm³/mol. The number of ether oxygens (including phenoxy) is 1. The minimum Gasteiger partial charge on any atom is -0.741 e. The molecule has 0 aliphatic carbocycles. The quantitative estimate of drug-likeness (QED) is 0.0874. The summed E-state index contributed by atoms with van der Waals surface area (Å²) in [5.41, 5.74) is -4.84. The molecule has 4 rings (SSSR count). The third kappa shape index (κ3) is 10.5. The molecule has 0 radical (unpaired) electrons. The Labute approximate surface area is 253 Å². The van der Waals surface area contributed by atoms with Crippen molar-refractivity contribution in [3.05, 3.63) is 90.5 Å². The van der Waals surface area contributed by atoms with Gasteiger partial charge in [-0.3, -0.25) is 9.59 Å². The summed E-state index contributed by atoms with van der Waals surface area (Å²) in [6.07, 6.45) is 3.02. The first-order valence-electron chi connectivity index (χ1n) is 13.8. The lowest BCUT2D eigenvalue weighted by atomic mass is 9.89. The Balaban J connectivity index is 0.000000557. The molecule has 1 saturated heterocycles. The number of carbonyl (C=O) groups excluding carboxylic acids is 2. The number of esters is 1. The van der Waals surface area contributed by atoms with Crippen LogP contribution in [0.2, 0.25) is 0 Å². The van der Waals surface area contributed by atoms with Gasteiger partial charge in [0.1, 0.15) is 0 Å². The van der Waals surface area contributed by atoms with E-state index < -0.39 is 15.6 Å². The highest BCUT2D eigenvalue weighted by Gasteiger charge is 2.37. The van der Waals surface area contributed by atoms with Crippen molar-refractivity contribution in [2.24, 2.45) is 5.92 Å². The Kier molecular flexibility index (Phi) is 12.8. The van der Waals surface area contributed by atoms with Gasteiger partial charge >= 0.3 is 11.5 Å². The number of likely N-dealkylation sites (tertiary alicyclic amines) is 1. The van der Waals surface area contributed by atoms with Gasteiger partial charge < -0.3 is 14.2 Å². The zero-order chi connectivity index (χ0) is 31.5. The maximum Gasteiger partial charge on any atom is 0.485 e. The van der Waals surface area contributed by atoms with Crippen LogP contribution in [0.3, 0.4) is 0 Å². The van der Waals surface area contributed by atoms with E-state index in [9.17, 15) is 22.8 Å². The van der Waals surface area contributed by atoms with E-state index in [4.69, 9.17) is 17.7 Å². The molecule has 1 heterocycles. The first-order chi connectivity index (χ1) is 20.4. The molecular formula is C31H34F3NO6S2. The van der Waals surface area contributed by atoms with E-state index in [1.54, 1.807) is 0 Å². The lowest BCUT2D eigenvalue weighted by molar-refractivity contribution is -0.143. The first kappa shape index (κ1) is 34.3. The van der Waals surface area contributed by atoms with Gasteiger partial charge in [-0.15, -0.1) is 0 Å². The lowest BCUT2D eigenvalue weighted by Crippen LogP contribution is -2.37. The number of carbonyl (C=O) groups is 2. The van der Waals surface area contributed by atoms with E-state index >= 15 is 0 Å². The number of hydrogen-bond acceptors (Lipinski definition) is 7. The Morgan fingerprint density at radius 1 is 0.884 bits per heavy atom. The van der Waals surface area contributed by atoms with E-state index in [1.165, 1.54) is 14.7 Å². The second kappa shape index (κ2) is 16.0. The highest BCUT2D eigenvalue weighted by molar-refractivity contribution is 7.97. The van der Waals surface area contributed by atoms with Crippen molar-refractivity contribution in [3.8, 4) is 0 Å². The second-order valence-electron chi connectivity index (χ2n) is 9.75. The Morgan fingerprint density at radius 2 is 1.35 bits per heavy atom. The van der Waals surface area contributed by atoms with E-state index in [2.05, 4.69) is 65.6 Å². The highest BCUT2D eigenvalue weighted by atomic mass is 32.2. The van der Waals surface area contributed by atoms with Gasteiger partial charge in [0.05, 0.1) is 17.5 Å². The number of piperidine rings is 1. The number of hydrogen-bond donors (Lipinski definition) is 0. The fraction of sp³-hybridized carbons (Fsp3) is 0.355. The van der Waals surface area contributed by atoms with Gasteiger partial charge in [-0.2, -0.15) is 13.2 Å². The van der Waals surface area contributed by atoms with Crippen LogP contribution in [0.5, 0.6) is 0 Å². The molecule has 0 saturated carbocycles. The molecule has 3 aromatic carbocycles. The average Bonchev–Trinajstić information content (AvgIpc) is 2.98. The van der Waals surface area contributed by atoms with Crippen LogP contribution in [0.25, 0.3) is 0 Å². The van der Waals surface area contributed by atoms with Gasteiger partial charge in [0.25, 0.3) is 0 Å². The largest absolute Gasteiger partial charge is 0.741 e. The van der Waals surface area contributed by atoms with Crippen LogP contribution in [0.1, 0.15) is 43.0 Å². The summed E-state index contributed by atoms with van der Waals surface area (Å²) in [5, 5.41) is 0. The lowest BCUT2D eigenvalue weighted by Gasteiger charge is -2.31. The smallest absolute Gasteiger partial charge is 0.485 e. The summed E-state index contributed by atoms with van der Waals surface area (Å²) in [5.74, 6) is 0.203. The molecule has 3 aromatic rings. The summed E-state index contributed by atoms with van der Waals surface area (Å²) < 4.78 is 63.9. The van der Waals surface area contributed by atoms with Gasteiger partial charge in [0.15, 0.2) is 30.6 Å². The molecule has 0 amide bonds. The van der Waals surface area contributed by atoms with Crippen LogP contribution >= 0.6 is 0 Å². The van der Waals surface area contributed by atoms with Gasteiger partial charge in [-0.05, 0) is 94.4 Å². The number of alkyl halides is 3. The summed E-state index contributed by atoms with van der Waals surface area (Å²) in [6, 6.07) is 29.4. The molecule has 0 spiro atoms. The third-order valence-corrected chi connectivity index (χ3v) is 9.53. The number of ketones is 1. The first-order valence-corrected chi connectivity index (χ1v) is 16.4. The van der Waals surface area contributed by atoms with Crippen molar-refractivity contribution in [1.29, 1.82) is 0 Å². The van der Waals surface area contributed by atoms with Crippen molar-refractivity contribution in [2.75, 3.05) is 26.2 Å². The summed E-state index contributed by atoms with van der Waals surface area (Å²) >= 11 is 0. The van der Waals surface area contributed by atoms with Crippen molar-refractivity contribution < 1.29 is 40.5 Å². The molecular weight excluding hydrogens is 603 g/mol. The van der Waals surface area contributed by atoms with Crippen molar-refractivity contribution in [3.63, 3.8) is 0 Å². The van der Waals surface area contributed by atoms with E-state index in [0.717, 1.165) is 44.5 Å². The fourth-order valence-electron chi connectivity index (χ4n) is 4.61. The number of halogens is 3. The average molecular weight is 638 g/mol. The molecule has 7 nitrogen and oxygen atoms in total. The van der Waals surface area contributed by atoms with Gasteiger partial charge in [-0.25, -0.2) is 8.42 Å². The second-order valence-corrected chi connectivity index (χ2v) is 13.1. The molecule has 12 heteroatoms. The summed E-state index contributed by atoms with van der Waals surface area (Å²) in [7, 11) is -6.30. The Hall–Kier alpha value is -3.19. The molecule has 1 aliphatic heterocycles. The van der Waals surface area contributed by atoms with Crippen LogP contribution in [0.4, 0.5) is 13.2 Å². The highest BCUT2D eigenvalue weighted by Crippen LogP contribution is 2.32. The zero-order valence-corrected chi connectivity index (χ0v) is 25.3. The van der Waals surface area contributed by atoms with E-state index in [1.807, 2.05) is 31.2 Å². The molecule has 1 fully saturated rings. The van der Waals surface area contributed by atoms with Gasteiger partial charge in [-0.1, -0.05) is 36.4 Å². The molecule has 232 valence electrons. The normalized spacial score (nSPS) is 14.6. The van der Waals surface area contributed by atoms with Crippen LogP contribution < -0.4 is 0 Å². The number of rotatable bonds is 10. The topological polar surface area (TPSA) is 104 Å². The maximum absolute atomic E-state index is 13.2. The van der Waals surface area contributed by atoms with Crippen molar-refractivity contribution >= 4 is 32.8 Å². The fourth-order valence-corrected chi connectivity index (χ4v) is 6.69. The number of benzene rings is 3. The molecule has 0 bridgehead atoms. The molecule has 1 aliphatic rings. The van der Waals surface area contributed by atoms with Crippen LogP contribution in [-0.4, -0.2) is 61.4 Å². The monoisotopic (exact) mass is 637 g/mol. The molecule has 0 N–H and O–H groups in total. The number of nitrogens with zero attached hydrogens (tertiary/aromatic N) is 1. The Bertz CT molecular complexity index is 1370. The van der Waals surface area contributed by atoms with Crippen LogP contribution in [-0.2, 0) is 30.5 Å². The summed E-state index contributed by atoms with van der Waals surface area (Å²) in [4.78, 5) is 30.9. The Morgan fingerprint density at radius 3 is 1.79 bits per heavy atom. The maximum atomic E-state index is 13.2. The molecule has 0 atom stereocenters. The SMILES string of the molecule is CCOC(=O)CCCN1CCC(C(=O)c2ccc([S+](c3ccccc3)c3ccccc3)cc2)CC1.O=S(=O)([O-])C(F)(F)F. The van der Waals surface area contributed by atoms with Crippen LogP contribution in [0.15, 0.2) is 99.6 Å². The van der Waals surface area contributed by atoms with Crippen LogP contribution in [0, 0.1) is 5.92 Å². The molecule has 43 heavy (non-hydrogen) atoms. The zero-order valence-electron chi connectivity index (χ0n) is 23.7. The van der Waals surface area contributed by atoms with Gasteiger partial charge in [0, 0.05) is 17.9 Å². The van der Waals surface area contributed by atoms with Crippen molar-refractivity contribution in [1.82, 2.24) is 4.90 Å². The standard InChI is InChI=1S/C30H34NO3S.CHF3O3S/c1-2-34-29(32)14-9-21-31-22-19-25(20-23-31)30(33)24-15-17-28(18-16-24)35(26-10-5-3-6-11-26)27-12-7-4-8-13-27;2-1(3,4)8(5,6)7/h3-8,10-13,15-18,25H,2,9,14,19-23H2,1H3;(H,5,6,7)/q+1;/p-1. The van der Waals surface area contributed by atoms with Crippen molar-refractivity contribution in [2.45, 2.75) is 52.8 Å².